The molecule has 5 rings (SSSR count). The van der Waals surface area contributed by atoms with E-state index in [0.29, 0.717) is 25.6 Å². The van der Waals surface area contributed by atoms with E-state index in [2.05, 4.69) is 52.7 Å². The van der Waals surface area contributed by atoms with Crippen molar-refractivity contribution in [1.82, 2.24) is 20.1 Å². The lowest BCUT2D eigenvalue weighted by Gasteiger charge is -2.41. The van der Waals surface area contributed by atoms with Crippen molar-refractivity contribution in [1.29, 1.82) is 0 Å². The standard InChI is InChI=1S/C20H22N4O2/c1-23-10-12(11-24-6-5-18(25)22-20(24)26)7-15-14-3-2-4-16-19(14)13(9-21-16)8-17(15)23/h2-4,7,9,12,17,21H,5-6,8,10-11H2,1H3,(H,22,25,26)/t12-,17-/m1/s1. The quantitative estimate of drug-likeness (QED) is 0.870. The van der Waals surface area contributed by atoms with Crippen molar-refractivity contribution < 1.29 is 9.59 Å². The van der Waals surface area contributed by atoms with Gasteiger partial charge in [0.1, 0.15) is 0 Å². The van der Waals surface area contributed by atoms with Crippen molar-refractivity contribution in [3.63, 3.8) is 0 Å². The molecule has 1 fully saturated rings. The predicted molar refractivity (Wildman–Crippen MR) is 99.6 cm³/mol. The fraction of sp³-hybridized carbons (Fsp3) is 0.400. The molecule has 1 aromatic carbocycles. The highest BCUT2D eigenvalue weighted by Crippen LogP contribution is 2.40. The van der Waals surface area contributed by atoms with E-state index < -0.39 is 0 Å². The Labute approximate surface area is 151 Å². The number of hydrogen-bond donors (Lipinski definition) is 2. The zero-order valence-electron chi connectivity index (χ0n) is 14.8. The lowest BCUT2D eigenvalue weighted by Crippen LogP contribution is -2.52. The Bertz CT molecular complexity index is 944. The molecule has 1 aliphatic carbocycles. The second kappa shape index (κ2) is 5.71. The number of aromatic amines is 1. The van der Waals surface area contributed by atoms with Gasteiger partial charge in [-0.25, -0.2) is 4.79 Å². The molecule has 0 saturated carbocycles. The van der Waals surface area contributed by atoms with Crippen LogP contribution in [0.2, 0.25) is 0 Å². The van der Waals surface area contributed by atoms with E-state index in [1.807, 2.05) is 0 Å². The van der Waals surface area contributed by atoms with Crippen LogP contribution in [0.3, 0.4) is 0 Å². The van der Waals surface area contributed by atoms with Crippen LogP contribution in [0, 0.1) is 5.92 Å². The van der Waals surface area contributed by atoms with E-state index in [4.69, 9.17) is 0 Å². The van der Waals surface area contributed by atoms with E-state index in [1.54, 1.807) is 4.90 Å². The first-order valence-electron chi connectivity index (χ1n) is 9.20. The number of rotatable bonds is 2. The number of imide groups is 1. The summed E-state index contributed by atoms with van der Waals surface area (Å²) in [7, 11) is 2.17. The van der Waals surface area contributed by atoms with Gasteiger partial charge in [0.2, 0.25) is 5.91 Å². The highest BCUT2D eigenvalue weighted by Gasteiger charge is 2.35. The maximum absolute atomic E-state index is 12.1. The Kier molecular flexibility index (Phi) is 3.43. The summed E-state index contributed by atoms with van der Waals surface area (Å²) in [6.45, 7) is 2.08. The maximum Gasteiger partial charge on any atom is 0.324 e. The summed E-state index contributed by atoms with van der Waals surface area (Å²) in [5.74, 6) is 0.0883. The number of nitrogens with one attached hydrogen (secondary N) is 2. The van der Waals surface area contributed by atoms with Crippen molar-refractivity contribution in [2.24, 2.45) is 5.92 Å². The van der Waals surface area contributed by atoms with Gasteiger partial charge >= 0.3 is 6.03 Å². The average molecular weight is 350 g/mol. The summed E-state index contributed by atoms with van der Waals surface area (Å²) in [6, 6.07) is 6.57. The Morgan fingerprint density at radius 1 is 1.27 bits per heavy atom. The lowest BCUT2D eigenvalue weighted by atomic mass is 9.80. The summed E-state index contributed by atoms with van der Waals surface area (Å²) < 4.78 is 0. The molecule has 0 spiro atoms. The number of carbonyl (C=O) groups excluding carboxylic acids is 2. The largest absolute Gasteiger partial charge is 0.361 e. The topological polar surface area (TPSA) is 68.4 Å². The molecule has 0 radical (unpaired) electrons. The minimum absolute atomic E-state index is 0.177. The van der Waals surface area contributed by atoms with Crippen LogP contribution < -0.4 is 5.32 Å². The highest BCUT2D eigenvalue weighted by atomic mass is 16.2. The Balaban J connectivity index is 1.49. The Morgan fingerprint density at radius 3 is 3.00 bits per heavy atom. The first-order valence-corrected chi connectivity index (χ1v) is 9.20. The van der Waals surface area contributed by atoms with E-state index in [9.17, 15) is 9.59 Å². The summed E-state index contributed by atoms with van der Waals surface area (Å²) in [5.41, 5.74) is 5.26. The van der Waals surface area contributed by atoms with Gasteiger partial charge in [-0.15, -0.1) is 0 Å². The van der Waals surface area contributed by atoms with Gasteiger partial charge in [-0.2, -0.15) is 0 Å². The molecule has 2 aliphatic heterocycles. The van der Waals surface area contributed by atoms with Gasteiger partial charge in [0.25, 0.3) is 0 Å². The molecule has 6 nitrogen and oxygen atoms in total. The molecule has 26 heavy (non-hydrogen) atoms. The highest BCUT2D eigenvalue weighted by molar-refractivity contribution is 5.98. The van der Waals surface area contributed by atoms with Crippen molar-refractivity contribution in [2.75, 3.05) is 26.7 Å². The summed E-state index contributed by atoms with van der Waals surface area (Å²) >= 11 is 0. The van der Waals surface area contributed by atoms with Crippen LogP contribution in [0.4, 0.5) is 4.79 Å². The third-order valence-corrected chi connectivity index (χ3v) is 5.94. The van der Waals surface area contributed by atoms with Gasteiger partial charge in [0.15, 0.2) is 0 Å². The van der Waals surface area contributed by atoms with E-state index in [-0.39, 0.29) is 17.9 Å². The summed E-state index contributed by atoms with van der Waals surface area (Å²) in [4.78, 5) is 31.0. The number of aromatic nitrogens is 1. The zero-order chi connectivity index (χ0) is 17.8. The fourth-order valence-corrected chi connectivity index (χ4v) is 4.72. The number of H-pyrrole nitrogens is 1. The van der Waals surface area contributed by atoms with Gasteiger partial charge < -0.3 is 9.88 Å². The van der Waals surface area contributed by atoms with Crippen LogP contribution >= 0.6 is 0 Å². The van der Waals surface area contributed by atoms with Crippen molar-refractivity contribution in [3.8, 4) is 0 Å². The number of carbonyl (C=O) groups is 2. The van der Waals surface area contributed by atoms with Gasteiger partial charge in [-0.1, -0.05) is 18.2 Å². The third kappa shape index (κ3) is 2.36. The van der Waals surface area contributed by atoms with Crippen LogP contribution in [0.15, 0.2) is 30.5 Å². The molecular weight excluding hydrogens is 328 g/mol. The van der Waals surface area contributed by atoms with Crippen molar-refractivity contribution >= 4 is 28.4 Å². The lowest BCUT2D eigenvalue weighted by molar-refractivity contribution is -0.121. The SMILES string of the molecule is CN1C[C@H](CN2CCC(=O)NC2=O)C=C2c3cccc4[nH]cc(c34)C[C@H]21. The molecule has 1 saturated heterocycles. The molecule has 134 valence electrons. The van der Waals surface area contributed by atoms with Crippen LogP contribution in [0.25, 0.3) is 16.5 Å². The monoisotopic (exact) mass is 350 g/mol. The van der Waals surface area contributed by atoms with Gasteiger partial charge in [-0.3, -0.25) is 15.0 Å². The van der Waals surface area contributed by atoms with Crippen molar-refractivity contribution in [3.05, 3.63) is 41.6 Å². The van der Waals surface area contributed by atoms with Gasteiger partial charge in [0, 0.05) is 55.1 Å². The number of nitrogens with zero attached hydrogens (tertiary/aromatic N) is 2. The third-order valence-electron chi connectivity index (χ3n) is 5.94. The Morgan fingerprint density at radius 2 is 2.15 bits per heavy atom. The van der Waals surface area contributed by atoms with Gasteiger partial charge in [0.05, 0.1) is 0 Å². The fourth-order valence-electron chi connectivity index (χ4n) is 4.72. The van der Waals surface area contributed by atoms with Crippen LogP contribution in [0.5, 0.6) is 0 Å². The summed E-state index contributed by atoms with van der Waals surface area (Å²) in [6.07, 6.45) is 5.91. The molecular formula is C20H22N4O2. The molecule has 6 heteroatoms. The minimum atomic E-state index is -0.261. The maximum atomic E-state index is 12.1. The van der Waals surface area contributed by atoms with E-state index >= 15 is 0 Å². The Hall–Kier alpha value is -2.60. The first kappa shape index (κ1) is 15.6. The number of urea groups is 1. The average Bonchev–Trinajstić information content (AvgIpc) is 3.03. The van der Waals surface area contributed by atoms with Crippen LogP contribution in [0.1, 0.15) is 17.5 Å². The molecule has 2 atom stereocenters. The molecule has 1 aromatic heterocycles. The summed E-state index contributed by atoms with van der Waals surface area (Å²) in [5, 5.41) is 3.76. The van der Waals surface area contributed by atoms with Gasteiger partial charge in [-0.05, 0) is 36.2 Å². The first-order chi connectivity index (χ1) is 12.6. The van der Waals surface area contributed by atoms with Crippen molar-refractivity contribution in [2.45, 2.75) is 18.9 Å². The second-order valence-electron chi connectivity index (χ2n) is 7.63. The molecule has 3 amide bonds. The molecule has 0 bridgehead atoms. The van der Waals surface area contributed by atoms with Crippen LogP contribution in [-0.2, 0) is 11.2 Å². The smallest absolute Gasteiger partial charge is 0.324 e. The number of likely N-dealkylation sites (N-methyl/N-ethyl adjacent to an activating group) is 1. The molecule has 2 N–H and O–H groups in total. The number of hydrogen-bond acceptors (Lipinski definition) is 3. The zero-order valence-corrected chi connectivity index (χ0v) is 14.8. The molecule has 0 unspecified atom stereocenters. The number of fused-ring (bicyclic) bond motifs is 2. The molecule has 2 aromatic rings. The second-order valence-corrected chi connectivity index (χ2v) is 7.63. The normalized spacial score (nSPS) is 25.9. The molecule has 3 aliphatic rings. The minimum Gasteiger partial charge on any atom is -0.361 e. The number of benzene rings is 1. The van der Waals surface area contributed by atoms with E-state index in [1.165, 1.54) is 27.6 Å². The number of amides is 3. The van der Waals surface area contributed by atoms with E-state index in [0.717, 1.165) is 13.0 Å². The predicted octanol–water partition coefficient (Wildman–Crippen LogP) is 1.98. The molecule has 3 heterocycles. The van der Waals surface area contributed by atoms with Crippen LogP contribution in [-0.4, -0.2) is 59.4 Å².